The summed E-state index contributed by atoms with van der Waals surface area (Å²) in [7, 11) is 0. The molecule has 116 valence electrons. The summed E-state index contributed by atoms with van der Waals surface area (Å²) in [6, 6.07) is 6.76. The van der Waals surface area contributed by atoms with Gasteiger partial charge in [0.1, 0.15) is 5.75 Å². The summed E-state index contributed by atoms with van der Waals surface area (Å²) in [5.74, 6) is 0.141. The number of benzene rings is 1. The molecule has 0 atom stereocenters. The molecule has 0 unspecified atom stereocenters. The van der Waals surface area contributed by atoms with Gasteiger partial charge in [0.2, 0.25) is 5.91 Å². The van der Waals surface area contributed by atoms with Crippen molar-refractivity contribution in [2.45, 2.75) is 33.6 Å². The lowest BCUT2D eigenvalue weighted by Gasteiger charge is -2.17. The van der Waals surface area contributed by atoms with E-state index < -0.39 is 0 Å². The van der Waals surface area contributed by atoms with Crippen LogP contribution in [0.15, 0.2) is 24.3 Å². The van der Waals surface area contributed by atoms with Crippen LogP contribution in [0.1, 0.15) is 33.6 Å². The molecule has 0 heterocycles. The molecular formula is C16H24N2O3. The molecule has 5 nitrogen and oxygen atoms in total. The fraction of sp³-hybridized carbons (Fsp3) is 0.500. The summed E-state index contributed by atoms with van der Waals surface area (Å²) in [4.78, 5) is 24.9. The zero-order valence-electron chi connectivity index (χ0n) is 13.0. The minimum Gasteiger partial charge on any atom is -0.427 e. The van der Waals surface area contributed by atoms with Crippen LogP contribution >= 0.6 is 0 Å². The molecular weight excluding hydrogens is 268 g/mol. The van der Waals surface area contributed by atoms with Gasteiger partial charge in [-0.25, -0.2) is 0 Å². The number of carbonyl (C=O) groups excluding carboxylic acids is 2. The highest BCUT2D eigenvalue weighted by Gasteiger charge is 2.06. The summed E-state index contributed by atoms with van der Waals surface area (Å²) in [6.45, 7) is 8.57. The summed E-state index contributed by atoms with van der Waals surface area (Å²) in [6.07, 6.45) is 1.20. The van der Waals surface area contributed by atoms with Crippen LogP contribution in [0.3, 0.4) is 0 Å². The van der Waals surface area contributed by atoms with Gasteiger partial charge in [-0.1, -0.05) is 13.8 Å². The minimum atomic E-state index is -0.227. The van der Waals surface area contributed by atoms with Crippen molar-refractivity contribution in [3.8, 4) is 5.75 Å². The van der Waals surface area contributed by atoms with Crippen LogP contribution in [0.25, 0.3) is 0 Å². The monoisotopic (exact) mass is 292 g/mol. The molecule has 1 amide bonds. The van der Waals surface area contributed by atoms with E-state index in [-0.39, 0.29) is 11.9 Å². The Morgan fingerprint density at radius 2 is 1.76 bits per heavy atom. The van der Waals surface area contributed by atoms with E-state index >= 15 is 0 Å². The van der Waals surface area contributed by atoms with Crippen LogP contribution in [-0.2, 0) is 9.59 Å². The molecule has 0 bridgehead atoms. The van der Waals surface area contributed by atoms with Crippen molar-refractivity contribution >= 4 is 17.6 Å². The second-order valence-electron chi connectivity index (χ2n) is 4.81. The summed E-state index contributed by atoms with van der Waals surface area (Å²) >= 11 is 0. The minimum absolute atomic E-state index is 0.129. The number of anilines is 1. The molecule has 0 spiro atoms. The maximum Gasteiger partial charge on any atom is 0.311 e. The summed E-state index contributed by atoms with van der Waals surface area (Å²) in [5.41, 5.74) is 0.684. The van der Waals surface area contributed by atoms with Gasteiger partial charge in [0, 0.05) is 19.0 Å². The Kier molecular flexibility index (Phi) is 7.46. The number of nitrogens with zero attached hydrogens (tertiary/aromatic N) is 1. The van der Waals surface area contributed by atoms with E-state index in [1.54, 1.807) is 24.3 Å². The Hall–Kier alpha value is -1.88. The Labute approximate surface area is 126 Å². The molecule has 0 saturated heterocycles. The van der Waals surface area contributed by atoms with Crippen LogP contribution in [-0.4, -0.2) is 36.4 Å². The van der Waals surface area contributed by atoms with Gasteiger partial charge in [0.25, 0.3) is 0 Å². The van der Waals surface area contributed by atoms with E-state index in [1.807, 2.05) is 0 Å². The van der Waals surface area contributed by atoms with Crippen molar-refractivity contribution in [2.24, 2.45) is 0 Å². The highest BCUT2D eigenvalue weighted by atomic mass is 16.5. The normalized spacial score (nSPS) is 10.5. The zero-order chi connectivity index (χ0) is 15.7. The summed E-state index contributed by atoms with van der Waals surface area (Å²) in [5, 5.41) is 2.66. The molecule has 21 heavy (non-hydrogen) atoms. The van der Waals surface area contributed by atoms with E-state index in [1.165, 1.54) is 6.92 Å². The second-order valence-corrected chi connectivity index (χ2v) is 4.81. The fourth-order valence-electron chi connectivity index (χ4n) is 1.98. The first-order valence-electron chi connectivity index (χ1n) is 7.35. The van der Waals surface area contributed by atoms with E-state index in [4.69, 9.17) is 4.74 Å². The average Bonchev–Trinajstić information content (AvgIpc) is 2.45. The highest BCUT2D eigenvalue weighted by Crippen LogP contribution is 2.16. The van der Waals surface area contributed by atoms with Crippen molar-refractivity contribution in [1.82, 2.24) is 4.90 Å². The van der Waals surface area contributed by atoms with Crippen LogP contribution in [0, 0.1) is 0 Å². The average molecular weight is 292 g/mol. The molecule has 0 aliphatic rings. The van der Waals surface area contributed by atoms with Gasteiger partial charge in [-0.05, 0) is 50.3 Å². The van der Waals surface area contributed by atoms with Gasteiger partial charge in [0.15, 0.2) is 0 Å². The van der Waals surface area contributed by atoms with Crippen LogP contribution in [0.2, 0.25) is 0 Å². The third kappa shape index (κ3) is 6.90. The topological polar surface area (TPSA) is 58.6 Å². The maximum absolute atomic E-state index is 11.7. The van der Waals surface area contributed by atoms with Crippen molar-refractivity contribution in [3.63, 3.8) is 0 Å². The molecule has 1 aromatic rings. The van der Waals surface area contributed by atoms with Crippen molar-refractivity contribution < 1.29 is 14.3 Å². The number of hydrogen-bond donors (Lipinski definition) is 1. The predicted octanol–water partition coefficient (Wildman–Crippen LogP) is 2.67. The fourth-order valence-corrected chi connectivity index (χ4v) is 1.98. The number of carbonyl (C=O) groups is 2. The Morgan fingerprint density at radius 1 is 1.14 bits per heavy atom. The molecule has 0 fully saturated rings. The van der Waals surface area contributed by atoms with Gasteiger partial charge < -0.3 is 15.0 Å². The number of rotatable bonds is 8. The third-order valence-electron chi connectivity index (χ3n) is 3.16. The summed E-state index contributed by atoms with van der Waals surface area (Å²) < 4.78 is 5.25. The van der Waals surface area contributed by atoms with Crippen LogP contribution in [0.5, 0.6) is 5.75 Å². The molecule has 0 aromatic heterocycles. The number of ether oxygens (including phenoxy) is 1. The molecule has 0 aliphatic carbocycles. The predicted molar refractivity (Wildman–Crippen MR) is 83.4 cm³/mol. The highest BCUT2D eigenvalue weighted by molar-refractivity contribution is 5.88. The quantitative estimate of drug-likeness (QED) is 0.591. The Morgan fingerprint density at radius 3 is 2.29 bits per heavy atom. The van der Waals surface area contributed by atoms with E-state index in [0.717, 1.165) is 26.1 Å². The Bertz CT molecular complexity index is 453. The molecule has 0 radical (unpaired) electrons. The Balaban J connectivity index is 2.35. The van der Waals surface area contributed by atoms with E-state index in [9.17, 15) is 9.59 Å². The lowest BCUT2D eigenvalue weighted by atomic mass is 10.2. The first-order chi connectivity index (χ1) is 10.0. The smallest absolute Gasteiger partial charge is 0.311 e. The van der Waals surface area contributed by atoms with Crippen LogP contribution in [0.4, 0.5) is 5.69 Å². The SMILES string of the molecule is CCN(CC)CCCC(=O)Oc1ccc(NC(C)=O)cc1. The van der Waals surface area contributed by atoms with Gasteiger partial charge in [-0.3, -0.25) is 9.59 Å². The van der Waals surface area contributed by atoms with E-state index in [0.29, 0.717) is 17.9 Å². The molecule has 1 aromatic carbocycles. The number of amides is 1. The maximum atomic E-state index is 11.7. The first-order valence-corrected chi connectivity index (χ1v) is 7.35. The lowest BCUT2D eigenvalue weighted by molar-refractivity contribution is -0.134. The lowest BCUT2D eigenvalue weighted by Crippen LogP contribution is -2.24. The van der Waals surface area contributed by atoms with E-state index in [2.05, 4.69) is 24.1 Å². The van der Waals surface area contributed by atoms with Gasteiger partial charge in [0.05, 0.1) is 0 Å². The van der Waals surface area contributed by atoms with Gasteiger partial charge in [-0.15, -0.1) is 0 Å². The molecule has 1 N–H and O–H groups in total. The van der Waals surface area contributed by atoms with Crippen molar-refractivity contribution in [1.29, 1.82) is 0 Å². The van der Waals surface area contributed by atoms with Crippen molar-refractivity contribution in [3.05, 3.63) is 24.3 Å². The second kappa shape index (κ2) is 9.13. The number of esters is 1. The molecule has 1 rings (SSSR count). The molecule has 0 aliphatic heterocycles. The zero-order valence-corrected chi connectivity index (χ0v) is 13.0. The largest absolute Gasteiger partial charge is 0.427 e. The van der Waals surface area contributed by atoms with Gasteiger partial charge >= 0.3 is 5.97 Å². The third-order valence-corrected chi connectivity index (χ3v) is 3.16. The molecule has 0 saturated carbocycles. The van der Waals surface area contributed by atoms with Crippen molar-refractivity contribution in [2.75, 3.05) is 25.0 Å². The van der Waals surface area contributed by atoms with Gasteiger partial charge in [-0.2, -0.15) is 0 Å². The first kappa shape index (κ1) is 17.2. The standard InChI is InChI=1S/C16H24N2O3/c1-4-18(5-2)12-6-7-16(20)21-15-10-8-14(9-11-15)17-13(3)19/h8-11H,4-7,12H2,1-3H3,(H,17,19). The van der Waals surface area contributed by atoms with Crippen LogP contribution < -0.4 is 10.1 Å². The number of hydrogen-bond acceptors (Lipinski definition) is 4. The molecule has 5 heteroatoms. The number of nitrogens with one attached hydrogen (secondary N) is 1.